The highest BCUT2D eigenvalue weighted by molar-refractivity contribution is 6.00. The summed E-state index contributed by atoms with van der Waals surface area (Å²) in [4.78, 5) is 29.2. The molecular formula is C26H37N3O4. The Morgan fingerprint density at radius 2 is 1.91 bits per heavy atom. The van der Waals surface area contributed by atoms with E-state index in [-0.39, 0.29) is 24.0 Å². The number of carbonyl (C=O) groups is 2. The molecule has 1 aliphatic heterocycles. The predicted octanol–water partition coefficient (Wildman–Crippen LogP) is 4.62. The molecule has 33 heavy (non-hydrogen) atoms. The summed E-state index contributed by atoms with van der Waals surface area (Å²) in [7, 11) is 0. The van der Waals surface area contributed by atoms with Gasteiger partial charge in [-0.15, -0.1) is 0 Å². The second kappa shape index (κ2) is 10.2. The Hall–Kier alpha value is -2.54. The second-order valence-corrected chi connectivity index (χ2v) is 9.83. The minimum Gasteiger partial charge on any atom is -0.463 e. The molecule has 2 amide bonds. The van der Waals surface area contributed by atoms with Gasteiger partial charge in [0.15, 0.2) is 0 Å². The lowest BCUT2D eigenvalue weighted by Gasteiger charge is -2.45. The third-order valence-electron chi connectivity index (χ3n) is 6.94. The van der Waals surface area contributed by atoms with Crippen LogP contribution in [0, 0.1) is 0 Å². The van der Waals surface area contributed by atoms with Gasteiger partial charge in [0.1, 0.15) is 17.0 Å². The van der Waals surface area contributed by atoms with Crippen molar-refractivity contribution in [3.8, 4) is 11.5 Å². The van der Waals surface area contributed by atoms with E-state index in [4.69, 9.17) is 9.15 Å². The van der Waals surface area contributed by atoms with E-state index >= 15 is 0 Å². The summed E-state index contributed by atoms with van der Waals surface area (Å²) < 4.78 is 13.2. The smallest absolute Gasteiger partial charge is 0.271 e. The van der Waals surface area contributed by atoms with Gasteiger partial charge < -0.3 is 23.9 Å². The number of furan rings is 1. The summed E-state index contributed by atoms with van der Waals surface area (Å²) in [6.07, 6.45) is 9.19. The van der Waals surface area contributed by atoms with Gasteiger partial charge >= 0.3 is 0 Å². The van der Waals surface area contributed by atoms with Crippen LogP contribution in [0.1, 0.15) is 76.2 Å². The zero-order valence-electron chi connectivity index (χ0n) is 20.1. The molecule has 1 atom stereocenters. The Morgan fingerprint density at radius 1 is 1.18 bits per heavy atom. The van der Waals surface area contributed by atoms with Gasteiger partial charge in [0.25, 0.3) is 5.91 Å². The van der Waals surface area contributed by atoms with Crippen LogP contribution in [0.4, 0.5) is 0 Å². The molecule has 0 unspecified atom stereocenters. The van der Waals surface area contributed by atoms with Gasteiger partial charge in [0.2, 0.25) is 5.91 Å². The first-order valence-electron chi connectivity index (χ1n) is 12.4. The second-order valence-electron chi connectivity index (χ2n) is 9.83. The number of fused-ring (bicyclic) bond motifs is 1. The summed E-state index contributed by atoms with van der Waals surface area (Å²) in [5.74, 6) is 0.499. The lowest BCUT2D eigenvalue weighted by atomic mass is 9.93. The average molecular weight is 456 g/mol. The molecule has 0 aromatic carbocycles. The summed E-state index contributed by atoms with van der Waals surface area (Å²) in [5.41, 5.74) is 0.416. The molecular weight excluding hydrogens is 418 g/mol. The van der Waals surface area contributed by atoms with Gasteiger partial charge in [-0.25, -0.2) is 0 Å². The maximum Gasteiger partial charge on any atom is 0.271 e. The van der Waals surface area contributed by atoms with Gasteiger partial charge in [-0.1, -0.05) is 25.7 Å². The van der Waals surface area contributed by atoms with Crippen LogP contribution in [-0.2, 0) is 16.1 Å². The zero-order chi connectivity index (χ0) is 23.4. The molecule has 1 fully saturated rings. The highest BCUT2D eigenvalue weighted by atomic mass is 16.5. The van der Waals surface area contributed by atoms with Gasteiger partial charge in [0, 0.05) is 19.2 Å². The van der Waals surface area contributed by atoms with Crippen LogP contribution in [0.3, 0.4) is 0 Å². The van der Waals surface area contributed by atoms with Gasteiger partial charge in [-0.3, -0.25) is 9.59 Å². The highest BCUT2D eigenvalue weighted by Crippen LogP contribution is 2.34. The normalized spacial score (nSPS) is 21.8. The van der Waals surface area contributed by atoms with Crippen molar-refractivity contribution in [2.24, 2.45) is 0 Å². The molecule has 1 N–H and O–H groups in total. The molecule has 0 radical (unpaired) electrons. The first-order valence-corrected chi connectivity index (χ1v) is 12.4. The van der Waals surface area contributed by atoms with Crippen molar-refractivity contribution >= 4 is 11.8 Å². The lowest BCUT2D eigenvalue weighted by molar-refractivity contribution is -0.133. The van der Waals surface area contributed by atoms with Crippen molar-refractivity contribution in [2.45, 2.75) is 89.9 Å². The van der Waals surface area contributed by atoms with E-state index in [0.717, 1.165) is 31.4 Å². The molecule has 0 spiro atoms. The van der Waals surface area contributed by atoms with Gasteiger partial charge in [-0.05, 0) is 64.3 Å². The van der Waals surface area contributed by atoms with Crippen molar-refractivity contribution in [2.75, 3.05) is 13.2 Å². The number of hydrogen-bond acceptors (Lipinski definition) is 4. The predicted molar refractivity (Wildman–Crippen MR) is 127 cm³/mol. The number of amides is 2. The first kappa shape index (κ1) is 23.6. The minimum absolute atomic E-state index is 0.0720. The Balaban J connectivity index is 1.61. The van der Waals surface area contributed by atoms with Crippen LogP contribution in [0.5, 0.6) is 0 Å². The minimum atomic E-state index is -0.991. The van der Waals surface area contributed by atoms with Crippen LogP contribution in [0.15, 0.2) is 34.9 Å². The van der Waals surface area contributed by atoms with Gasteiger partial charge in [-0.2, -0.15) is 0 Å². The van der Waals surface area contributed by atoms with E-state index in [1.54, 1.807) is 11.2 Å². The maximum absolute atomic E-state index is 13.8. The molecule has 3 heterocycles. The fourth-order valence-corrected chi connectivity index (χ4v) is 5.07. The summed E-state index contributed by atoms with van der Waals surface area (Å²) in [6, 6.07) is 7.63. The third-order valence-corrected chi connectivity index (χ3v) is 6.94. The Kier molecular flexibility index (Phi) is 7.27. The zero-order valence-corrected chi connectivity index (χ0v) is 20.1. The van der Waals surface area contributed by atoms with E-state index in [9.17, 15) is 9.59 Å². The van der Waals surface area contributed by atoms with Crippen molar-refractivity contribution in [1.29, 1.82) is 0 Å². The van der Waals surface area contributed by atoms with Crippen molar-refractivity contribution in [3.63, 3.8) is 0 Å². The van der Waals surface area contributed by atoms with E-state index in [1.165, 1.54) is 12.8 Å². The van der Waals surface area contributed by atoms with E-state index in [0.29, 0.717) is 37.6 Å². The molecule has 1 saturated carbocycles. The fraction of sp³-hybridized carbons (Fsp3) is 0.615. The Bertz CT molecular complexity index is 941. The molecule has 2 aliphatic rings. The molecule has 7 heteroatoms. The van der Waals surface area contributed by atoms with Crippen LogP contribution in [0.2, 0.25) is 0 Å². The molecule has 1 aliphatic carbocycles. The monoisotopic (exact) mass is 455 g/mol. The van der Waals surface area contributed by atoms with E-state index in [2.05, 4.69) is 5.32 Å². The summed E-state index contributed by atoms with van der Waals surface area (Å²) >= 11 is 0. The van der Waals surface area contributed by atoms with Crippen LogP contribution >= 0.6 is 0 Å². The van der Waals surface area contributed by atoms with Crippen LogP contribution < -0.4 is 5.32 Å². The SMILES string of the molecule is CC(C)OCCCN1C(=O)c2ccc(-c3ccco3)n2C[C@]1(C)C(=O)NC1CCCCCC1. The number of nitrogens with zero attached hydrogens (tertiary/aromatic N) is 2. The van der Waals surface area contributed by atoms with Crippen LogP contribution in [-0.4, -0.2) is 52.1 Å². The standard InChI is InChI=1S/C26H37N3O4/c1-19(2)32-17-9-15-29-24(30)22-14-13-21(23-12-8-16-33-23)28(22)18-26(29,3)25(31)27-20-10-6-4-5-7-11-20/h8,12-14,16,19-20H,4-7,9-11,15,17-18H2,1-3H3,(H,27,31)/t26-/m1/s1. The van der Waals surface area contributed by atoms with E-state index < -0.39 is 5.54 Å². The van der Waals surface area contributed by atoms with E-state index in [1.807, 2.05) is 49.6 Å². The molecule has 2 aromatic rings. The highest BCUT2D eigenvalue weighted by Gasteiger charge is 2.48. The number of rotatable bonds is 8. The number of hydrogen-bond donors (Lipinski definition) is 1. The number of ether oxygens (including phenoxy) is 1. The van der Waals surface area contributed by atoms with Crippen molar-refractivity contribution in [1.82, 2.24) is 14.8 Å². The quantitative estimate of drug-likeness (QED) is 0.466. The molecule has 7 nitrogen and oxygen atoms in total. The number of aromatic nitrogens is 1. The van der Waals surface area contributed by atoms with Gasteiger partial charge in [0.05, 0.1) is 24.6 Å². The van der Waals surface area contributed by atoms with Crippen molar-refractivity contribution < 1.29 is 18.7 Å². The third kappa shape index (κ3) is 5.03. The number of carbonyl (C=O) groups excluding carboxylic acids is 2. The molecule has 180 valence electrons. The molecule has 0 bridgehead atoms. The lowest BCUT2D eigenvalue weighted by Crippen LogP contribution is -2.65. The largest absolute Gasteiger partial charge is 0.463 e. The number of nitrogens with one attached hydrogen (secondary N) is 1. The summed E-state index contributed by atoms with van der Waals surface area (Å²) in [6.45, 7) is 7.32. The topological polar surface area (TPSA) is 76.7 Å². The maximum atomic E-state index is 13.8. The fourth-order valence-electron chi connectivity index (χ4n) is 5.07. The average Bonchev–Trinajstić information content (AvgIpc) is 3.38. The molecule has 4 rings (SSSR count). The first-order chi connectivity index (χ1) is 15.9. The van der Waals surface area contributed by atoms with Crippen molar-refractivity contribution in [3.05, 3.63) is 36.2 Å². The Labute approximate surface area is 196 Å². The molecule has 0 saturated heterocycles. The van der Waals surface area contributed by atoms with Crippen LogP contribution in [0.25, 0.3) is 11.5 Å². The summed E-state index contributed by atoms with van der Waals surface area (Å²) in [5, 5.41) is 3.30. The molecule has 2 aromatic heterocycles. The Morgan fingerprint density at radius 3 is 2.58 bits per heavy atom.